The quantitative estimate of drug-likeness (QED) is 0.819. The summed E-state index contributed by atoms with van der Waals surface area (Å²) in [5, 5.41) is 5.88. The Hall–Kier alpha value is -2.46. The van der Waals surface area contributed by atoms with Crippen LogP contribution in [0.1, 0.15) is 26.3 Å². The molecule has 0 spiro atoms. The highest BCUT2D eigenvalue weighted by Crippen LogP contribution is 2.11. The zero-order valence-corrected chi connectivity index (χ0v) is 11.2. The van der Waals surface area contributed by atoms with Crippen molar-refractivity contribution in [3.05, 3.63) is 65.2 Å². The normalized spacial score (nSPS) is 10.1. The fourth-order valence-electron chi connectivity index (χ4n) is 1.83. The van der Waals surface area contributed by atoms with E-state index in [0.717, 1.165) is 24.1 Å². The van der Waals surface area contributed by atoms with E-state index in [9.17, 15) is 9.59 Å². The van der Waals surface area contributed by atoms with Crippen molar-refractivity contribution >= 4 is 17.9 Å². The van der Waals surface area contributed by atoms with Crippen LogP contribution in [0, 0.1) is 0 Å². The van der Waals surface area contributed by atoms with Crippen LogP contribution in [0.2, 0.25) is 0 Å². The van der Waals surface area contributed by atoms with Gasteiger partial charge in [0.05, 0.1) is 0 Å². The molecule has 2 rings (SSSR count). The molecule has 0 atom stereocenters. The minimum atomic E-state index is -0.191. The van der Waals surface area contributed by atoms with Gasteiger partial charge in [-0.3, -0.25) is 9.59 Å². The van der Waals surface area contributed by atoms with Crippen LogP contribution in [-0.4, -0.2) is 19.2 Å². The summed E-state index contributed by atoms with van der Waals surface area (Å²) < 4.78 is 0. The van der Waals surface area contributed by atoms with Crippen LogP contribution in [0.15, 0.2) is 48.5 Å². The fourth-order valence-corrected chi connectivity index (χ4v) is 1.83. The largest absolute Gasteiger partial charge is 0.322 e. The number of hydrogen-bond donors (Lipinski definition) is 2. The van der Waals surface area contributed by atoms with Crippen molar-refractivity contribution in [2.45, 2.75) is 6.54 Å². The van der Waals surface area contributed by atoms with Crippen LogP contribution >= 0.6 is 0 Å². The number of aldehydes is 1. The lowest BCUT2D eigenvalue weighted by Gasteiger charge is -2.06. The zero-order chi connectivity index (χ0) is 14.4. The summed E-state index contributed by atoms with van der Waals surface area (Å²) in [6.07, 6.45) is 0.752. The standard InChI is InChI=1S/C16H16N2O2/c1-17-10-12-4-8-15(9-5-12)18-16(20)14-6-2-13(11-19)3-7-14/h2-9,11,17H,10H2,1H3,(H,18,20). The molecule has 4 nitrogen and oxygen atoms in total. The average Bonchev–Trinajstić information content (AvgIpc) is 2.49. The minimum absolute atomic E-state index is 0.191. The van der Waals surface area contributed by atoms with Crippen molar-refractivity contribution in [3.63, 3.8) is 0 Å². The summed E-state index contributed by atoms with van der Waals surface area (Å²) in [7, 11) is 1.89. The van der Waals surface area contributed by atoms with Gasteiger partial charge in [0.2, 0.25) is 0 Å². The molecule has 0 aliphatic rings. The summed E-state index contributed by atoms with van der Waals surface area (Å²) in [5.74, 6) is -0.191. The predicted molar refractivity (Wildman–Crippen MR) is 79.0 cm³/mol. The summed E-state index contributed by atoms with van der Waals surface area (Å²) in [6.45, 7) is 0.793. The van der Waals surface area contributed by atoms with Gasteiger partial charge in [-0.1, -0.05) is 24.3 Å². The molecule has 0 aliphatic heterocycles. The van der Waals surface area contributed by atoms with Gasteiger partial charge in [0.25, 0.3) is 5.91 Å². The first-order chi connectivity index (χ1) is 9.72. The Morgan fingerprint density at radius 2 is 1.70 bits per heavy atom. The lowest BCUT2D eigenvalue weighted by molar-refractivity contribution is 0.102. The molecule has 20 heavy (non-hydrogen) atoms. The minimum Gasteiger partial charge on any atom is -0.322 e. The molecular weight excluding hydrogens is 252 g/mol. The van der Waals surface area contributed by atoms with Gasteiger partial charge in [-0.25, -0.2) is 0 Å². The van der Waals surface area contributed by atoms with Gasteiger partial charge < -0.3 is 10.6 Å². The highest BCUT2D eigenvalue weighted by atomic mass is 16.1. The third-order valence-electron chi connectivity index (χ3n) is 2.90. The summed E-state index contributed by atoms with van der Waals surface area (Å²) in [5.41, 5.74) is 2.98. The first kappa shape index (κ1) is 14.0. The number of carbonyl (C=O) groups is 2. The lowest BCUT2D eigenvalue weighted by atomic mass is 10.1. The van der Waals surface area contributed by atoms with Crippen molar-refractivity contribution in [2.24, 2.45) is 0 Å². The number of benzene rings is 2. The Labute approximate surface area is 117 Å². The smallest absolute Gasteiger partial charge is 0.255 e. The van der Waals surface area contributed by atoms with Gasteiger partial charge in [0, 0.05) is 23.4 Å². The molecule has 2 N–H and O–H groups in total. The van der Waals surface area contributed by atoms with Gasteiger partial charge in [-0.2, -0.15) is 0 Å². The summed E-state index contributed by atoms with van der Waals surface area (Å²) in [6, 6.07) is 14.2. The van der Waals surface area contributed by atoms with E-state index in [1.165, 1.54) is 0 Å². The highest BCUT2D eigenvalue weighted by molar-refractivity contribution is 6.04. The van der Waals surface area contributed by atoms with Gasteiger partial charge in [-0.15, -0.1) is 0 Å². The molecule has 1 amide bonds. The van der Waals surface area contributed by atoms with Gasteiger partial charge in [0.15, 0.2) is 0 Å². The van der Waals surface area contributed by atoms with Crippen LogP contribution in [0.3, 0.4) is 0 Å². The zero-order valence-electron chi connectivity index (χ0n) is 11.2. The molecule has 0 bridgehead atoms. The van der Waals surface area contributed by atoms with Crippen LogP contribution in [-0.2, 0) is 6.54 Å². The Bertz CT molecular complexity index is 589. The third-order valence-corrected chi connectivity index (χ3v) is 2.90. The monoisotopic (exact) mass is 268 g/mol. The molecule has 0 heterocycles. The number of amides is 1. The maximum Gasteiger partial charge on any atom is 0.255 e. The molecule has 0 radical (unpaired) electrons. The molecule has 0 aliphatic carbocycles. The third kappa shape index (κ3) is 3.52. The van der Waals surface area contributed by atoms with Crippen molar-refractivity contribution in [2.75, 3.05) is 12.4 Å². The maximum atomic E-state index is 12.0. The van der Waals surface area contributed by atoms with E-state index in [2.05, 4.69) is 10.6 Å². The second kappa shape index (κ2) is 6.63. The second-order valence-corrected chi connectivity index (χ2v) is 4.42. The number of nitrogens with one attached hydrogen (secondary N) is 2. The first-order valence-electron chi connectivity index (χ1n) is 6.33. The van der Waals surface area contributed by atoms with Crippen LogP contribution in [0.25, 0.3) is 0 Å². The Morgan fingerprint density at radius 3 is 2.25 bits per heavy atom. The van der Waals surface area contributed by atoms with Crippen molar-refractivity contribution in [3.8, 4) is 0 Å². The van der Waals surface area contributed by atoms with E-state index in [0.29, 0.717) is 11.1 Å². The summed E-state index contributed by atoms with van der Waals surface area (Å²) in [4.78, 5) is 22.6. The molecule has 0 aromatic heterocycles. The Morgan fingerprint density at radius 1 is 1.05 bits per heavy atom. The molecule has 0 fully saturated rings. The Balaban J connectivity index is 2.04. The van der Waals surface area contributed by atoms with Gasteiger partial charge in [-0.05, 0) is 36.9 Å². The van der Waals surface area contributed by atoms with Crippen LogP contribution < -0.4 is 10.6 Å². The number of rotatable bonds is 5. The number of carbonyl (C=O) groups excluding carboxylic acids is 2. The van der Waals surface area contributed by atoms with E-state index >= 15 is 0 Å². The molecule has 0 saturated heterocycles. The SMILES string of the molecule is CNCc1ccc(NC(=O)c2ccc(C=O)cc2)cc1. The molecule has 102 valence electrons. The first-order valence-corrected chi connectivity index (χ1v) is 6.33. The molecule has 2 aromatic rings. The second-order valence-electron chi connectivity index (χ2n) is 4.42. The van der Waals surface area contributed by atoms with Crippen molar-refractivity contribution in [1.82, 2.24) is 5.32 Å². The maximum absolute atomic E-state index is 12.0. The molecule has 0 saturated carbocycles. The van der Waals surface area contributed by atoms with Crippen LogP contribution in [0.5, 0.6) is 0 Å². The molecular formula is C16H16N2O2. The molecule has 0 unspecified atom stereocenters. The topological polar surface area (TPSA) is 58.2 Å². The van der Waals surface area contributed by atoms with E-state index in [4.69, 9.17) is 0 Å². The van der Waals surface area contributed by atoms with E-state index in [1.54, 1.807) is 24.3 Å². The average molecular weight is 268 g/mol. The molecule has 2 aromatic carbocycles. The lowest BCUT2D eigenvalue weighted by Crippen LogP contribution is -2.12. The van der Waals surface area contributed by atoms with Crippen molar-refractivity contribution < 1.29 is 9.59 Å². The van der Waals surface area contributed by atoms with Crippen LogP contribution in [0.4, 0.5) is 5.69 Å². The Kier molecular flexibility index (Phi) is 4.63. The number of hydrogen-bond acceptors (Lipinski definition) is 3. The number of anilines is 1. The summed E-state index contributed by atoms with van der Waals surface area (Å²) >= 11 is 0. The fraction of sp³-hybridized carbons (Fsp3) is 0.125. The highest BCUT2D eigenvalue weighted by Gasteiger charge is 2.05. The molecule has 4 heteroatoms. The van der Waals surface area contributed by atoms with Gasteiger partial charge in [0.1, 0.15) is 6.29 Å². The predicted octanol–water partition coefficient (Wildman–Crippen LogP) is 2.47. The van der Waals surface area contributed by atoms with E-state index < -0.39 is 0 Å². The van der Waals surface area contributed by atoms with E-state index in [-0.39, 0.29) is 5.91 Å². The van der Waals surface area contributed by atoms with E-state index in [1.807, 2.05) is 31.3 Å². The van der Waals surface area contributed by atoms with Gasteiger partial charge >= 0.3 is 0 Å². The van der Waals surface area contributed by atoms with Crippen molar-refractivity contribution in [1.29, 1.82) is 0 Å².